The monoisotopic (exact) mass is 276 g/mol. The van der Waals surface area contributed by atoms with E-state index in [1.165, 1.54) is 12.0 Å². The number of Topliss-reactive ketones (excluding diaryl/α,β-unsaturated/α-hetero) is 1. The number of hydrogen-bond donors (Lipinski definition) is 1. The first-order valence-corrected chi connectivity index (χ1v) is 8.22. The minimum atomic E-state index is -0.201. The zero-order valence-electron chi connectivity index (χ0n) is 13.2. The highest BCUT2D eigenvalue weighted by Crippen LogP contribution is 2.65. The third-order valence-corrected chi connectivity index (χ3v) is 6.84. The molecule has 3 atom stereocenters. The van der Waals surface area contributed by atoms with Gasteiger partial charge in [-0.25, -0.2) is 0 Å². The molecular weight excluding hydrogens is 248 g/mol. The minimum Gasteiger partial charge on any atom is -0.395 e. The summed E-state index contributed by atoms with van der Waals surface area (Å²) in [7, 11) is 0. The number of ketones is 1. The Bertz CT molecular complexity index is 462. The molecule has 1 N–H and O–H groups in total. The molecule has 0 amide bonds. The topological polar surface area (TPSA) is 37.3 Å². The summed E-state index contributed by atoms with van der Waals surface area (Å²) in [6.07, 6.45) is 9.73. The molecule has 20 heavy (non-hydrogen) atoms. The van der Waals surface area contributed by atoms with Gasteiger partial charge in [0, 0.05) is 17.3 Å². The molecule has 0 spiro atoms. The number of carbonyl (C=O) groups is 1. The van der Waals surface area contributed by atoms with E-state index in [0.717, 1.165) is 32.1 Å². The van der Waals surface area contributed by atoms with Crippen molar-refractivity contribution in [1.29, 1.82) is 0 Å². The van der Waals surface area contributed by atoms with Gasteiger partial charge in [-0.1, -0.05) is 32.4 Å². The van der Waals surface area contributed by atoms with E-state index in [1.54, 1.807) is 0 Å². The molecule has 0 radical (unpaired) electrons. The first-order chi connectivity index (χ1) is 9.37. The van der Waals surface area contributed by atoms with Gasteiger partial charge in [0.25, 0.3) is 0 Å². The molecule has 1 unspecified atom stereocenters. The summed E-state index contributed by atoms with van der Waals surface area (Å²) in [4.78, 5) is 12.4. The van der Waals surface area contributed by atoms with Crippen molar-refractivity contribution < 1.29 is 9.90 Å². The fraction of sp³-hybridized carbons (Fsp3) is 0.833. The maximum absolute atomic E-state index is 12.4. The number of fused-ring (bicyclic) bond motifs is 3. The highest BCUT2D eigenvalue weighted by atomic mass is 16.3. The van der Waals surface area contributed by atoms with Gasteiger partial charge >= 0.3 is 0 Å². The van der Waals surface area contributed by atoms with E-state index in [1.807, 2.05) is 0 Å². The van der Waals surface area contributed by atoms with Gasteiger partial charge in [-0.2, -0.15) is 0 Å². The standard InChI is InChI=1S/C18H28O2/c1-16(2)13-7-11-18(12-19)9-5-4-6-14(18)17(13,3)10-8-15(16)20/h6,13,19H,4-5,7-12H2,1-3H3/t13-,17-,18?/m0/s1. The quantitative estimate of drug-likeness (QED) is 0.738. The van der Waals surface area contributed by atoms with E-state index in [4.69, 9.17) is 0 Å². The van der Waals surface area contributed by atoms with Crippen molar-refractivity contribution in [2.75, 3.05) is 6.61 Å². The summed E-state index contributed by atoms with van der Waals surface area (Å²) in [6, 6.07) is 0. The molecule has 3 rings (SSSR count). The predicted octanol–water partition coefficient (Wildman–Crippen LogP) is 3.88. The summed E-state index contributed by atoms with van der Waals surface area (Å²) in [5.74, 6) is 0.883. The second-order valence-electron chi connectivity index (χ2n) is 8.10. The van der Waals surface area contributed by atoms with Crippen LogP contribution < -0.4 is 0 Å². The number of allylic oxidation sites excluding steroid dienone is 1. The van der Waals surface area contributed by atoms with E-state index in [9.17, 15) is 9.90 Å². The van der Waals surface area contributed by atoms with Gasteiger partial charge in [-0.15, -0.1) is 0 Å². The van der Waals surface area contributed by atoms with Gasteiger partial charge in [0.15, 0.2) is 0 Å². The van der Waals surface area contributed by atoms with E-state index in [2.05, 4.69) is 26.8 Å². The molecule has 2 saturated carbocycles. The summed E-state index contributed by atoms with van der Waals surface area (Å²) < 4.78 is 0. The Morgan fingerprint density at radius 1 is 1.25 bits per heavy atom. The maximum Gasteiger partial charge on any atom is 0.138 e. The molecule has 2 fully saturated rings. The summed E-state index contributed by atoms with van der Waals surface area (Å²) in [5, 5.41) is 10.1. The number of aliphatic hydroxyl groups excluding tert-OH is 1. The van der Waals surface area contributed by atoms with Crippen LogP contribution in [-0.4, -0.2) is 17.5 Å². The van der Waals surface area contributed by atoms with Crippen LogP contribution in [0.3, 0.4) is 0 Å². The van der Waals surface area contributed by atoms with Crippen molar-refractivity contribution in [2.24, 2.45) is 22.2 Å². The normalized spacial score (nSPS) is 43.5. The van der Waals surface area contributed by atoms with Crippen molar-refractivity contribution >= 4 is 5.78 Å². The SMILES string of the molecule is CC1(C)C(=O)CC[C@]2(C)C3=CCCCC3(CO)CC[C@@H]12. The summed E-state index contributed by atoms with van der Waals surface area (Å²) in [5.41, 5.74) is 1.45. The Balaban J connectivity index is 2.07. The highest BCUT2D eigenvalue weighted by molar-refractivity contribution is 5.85. The number of rotatable bonds is 1. The van der Waals surface area contributed by atoms with Gasteiger partial charge in [0.05, 0.1) is 6.61 Å². The lowest BCUT2D eigenvalue weighted by atomic mass is 9.44. The zero-order chi connectivity index (χ0) is 14.6. The van der Waals surface area contributed by atoms with Crippen LogP contribution in [0.15, 0.2) is 11.6 Å². The minimum absolute atomic E-state index is 0.0277. The third-order valence-electron chi connectivity index (χ3n) is 6.84. The molecule has 3 aliphatic rings. The lowest BCUT2D eigenvalue weighted by Gasteiger charge is -2.60. The van der Waals surface area contributed by atoms with E-state index in [0.29, 0.717) is 18.1 Å². The number of carbonyl (C=O) groups excluding carboxylic acids is 1. The first-order valence-electron chi connectivity index (χ1n) is 8.22. The molecule has 112 valence electrons. The van der Waals surface area contributed by atoms with Gasteiger partial charge < -0.3 is 5.11 Å². The second kappa shape index (κ2) is 4.43. The van der Waals surface area contributed by atoms with Gasteiger partial charge in [0.1, 0.15) is 5.78 Å². The van der Waals surface area contributed by atoms with E-state index in [-0.39, 0.29) is 22.9 Å². The highest BCUT2D eigenvalue weighted by Gasteiger charge is 2.59. The lowest BCUT2D eigenvalue weighted by molar-refractivity contribution is -0.142. The molecule has 0 aromatic heterocycles. The third kappa shape index (κ3) is 1.70. The van der Waals surface area contributed by atoms with Gasteiger partial charge in [0.2, 0.25) is 0 Å². The Hall–Kier alpha value is -0.630. The van der Waals surface area contributed by atoms with Crippen LogP contribution in [0.4, 0.5) is 0 Å². The van der Waals surface area contributed by atoms with Crippen molar-refractivity contribution in [3.05, 3.63) is 11.6 Å². The largest absolute Gasteiger partial charge is 0.395 e. The Morgan fingerprint density at radius 3 is 2.70 bits per heavy atom. The first kappa shape index (κ1) is 14.3. The van der Waals surface area contributed by atoms with E-state index < -0.39 is 0 Å². The van der Waals surface area contributed by atoms with Crippen LogP contribution in [0.1, 0.15) is 65.7 Å². The molecule has 2 heteroatoms. The smallest absolute Gasteiger partial charge is 0.138 e. The molecular formula is C18H28O2. The van der Waals surface area contributed by atoms with Crippen LogP contribution in [0.25, 0.3) is 0 Å². The molecule has 3 aliphatic carbocycles. The van der Waals surface area contributed by atoms with Crippen LogP contribution >= 0.6 is 0 Å². The average molecular weight is 276 g/mol. The molecule has 0 aromatic rings. The number of aliphatic hydroxyl groups is 1. The van der Waals surface area contributed by atoms with Crippen molar-refractivity contribution in [3.8, 4) is 0 Å². The molecule has 0 aromatic carbocycles. The van der Waals surface area contributed by atoms with Crippen LogP contribution in [0, 0.1) is 22.2 Å². The Morgan fingerprint density at radius 2 is 2.00 bits per heavy atom. The zero-order valence-corrected chi connectivity index (χ0v) is 13.2. The van der Waals surface area contributed by atoms with Crippen LogP contribution in [0.5, 0.6) is 0 Å². The molecule has 0 heterocycles. The van der Waals surface area contributed by atoms with Crippen LogP contribution in [0.2, 0.25) is 0 Å². The van der Waals surface area contributed by atoms with Gasteiger partial charge in [-0.05, 0) is 49.9 Å². The molecule has 0 saturated heterocycles. The summed E-state index contributed by atoms with van der Waals surface area (Å²) in [6.45, 7) is 6.95. The fourth-order valence-electron chi connectivity index (χ4n) is 5.66. The number of hydrogen-bond acceptors (Lipinski definition) is 2. The maximum atomic E-state index is 12.4. The van der Waals surface area contributed by atoms with Crippen molar-refractivity contribution in [2.45, 2.75) is 65.7 Å². The van der Waals surface area contributed by atoms with Crippen LogP contribution in [-0.2, 0) is 4.79 Å². The second-order valence-corrected chi connectivity index (χ2v) is 8.10. The summed E-state index contributed by atoms with van der Waals surface area (Å²) >= 11 is 0. The Labute approximate surface area is 122 Å². The lowest BCUT2D eigenvalue weighted by Crippen LogP contribution is -2.55. The van der Waals surface area contributed by atoms with E-state index >= 15 is 0 Å². The molecule has 0 aliphatic heterocycles. The Kier molecular flexibility index (Phi) is 3.17. The fourth-order valence-corrected chi connectivity index (χ4v) is 5.66. The average Bonchev–Trinajstić information content (AvgIpc) is 2.43. The molecule has 0 bridgehead atoms. The predicted molar refractivity (Wildman–Crippen MR) is 80.3 cm³/mol. The van der Waals surface area contributed by atoms with Crippen molar-refractivity contribution in [1.82, 2.24) is 0 Å². The molecule has 2 nitrogen and oxygen atoms in total. The van der Waals surface area contributed by atoms with Crippen molar-refractivity contribution in [3.63, 3.8) is 0 Å². The van der Waals surface area contributed by atoms with Gasteiger partial charge in [-0.3, -0.25) is 4.79 Å².